The molecule has 0 bridgehead atoms. The number of hydrogen-bond acceptors (Lipinski definition) is 6. The lowest BCUT2D eigenvalue weighted by atomic mass is 10.1. The van der Waals surface area contributed by atoms with Gasteiger partial charge in [-0.1, -0.05) is 36.4 Å². The van der Waals surface area contributed by atoms with Crippen molar-refractivity contribution in [3.8, 4) is 11.5 Å². The SMILES string of the molecule is COc1ccc(C(=O)Nc2cccc(SC(C(=O)Nc3ccc(C(C)=O)cc3)c3ccccc3)c2)cc1OC. The van der Waals surface area contributed by atoms with Crippen LogP contribution in [0.15, 0.2) is 102 Å². The molecule has 0 radical (unpaired) electrons. The minimum absolute atomic E-state index is 0.0382. The van der Waals surface area contributed by atoms with Crippen molar-refractivity contribution >= 4 is 40.7 Å². The summed E-state index contributed by atoms with van der Waals surface area (Å²) in [6.45, 7) is 1.50. The molecule has 0 spiro atoms. The molecule has 7 nitrogen and oxygen atoms in total. The van der Waals surface area contributed by atoms with Crippen molar-refractivity contribution in [3.05, 3.63) is 114 Å². The van der Waals surface area contributed by atoms with Gasteiger partial charge in [0.15, 0.2) is 17.3 Å². The van der Waals surface area contributed by atoms with E-state index in [2.05, 4.69) is 10.6 Å². The van der Waals surface area contributed by atoms with Crippen LogP contribution < -0.4 is 20.1 Å². The number of hydrogen-bond donors (Lipinski definition) is 2. The lowest BCUT2D eigenvalue weighted by Crippen LogP contribution is -2.19. The predicted molar refractivity (Wildman–Crippen MR) is 154 cm³/mol. The first kappa shape index (κ1) is 27.5. The summed E-state index contributed by atoms with van der Waals surface area (Å²) in [6.07, 6.45) is 0. The van der Waals surface area contributed by atoms with Crippen LogP contribution in [-0.2, 0) is 4.79 Å². The van der Waals surface area contributed by atoms with E-state index in [1.807, 2.05) is 48.5 Å². The van der Waals surface area contributed by atoms with E-state index < -0.39 is 5.25 Å². The zero-order valence-corrected chi connectivity index (χ0v) is 22.6. The highest BCUT2D eigenvalue weighted by atomic mass is 32.2. The van der Waals surface area contributed by atoms with Gasteiger partial charge in [0.2, 0.25) is 5.91 Å². The molecule has 0 aliphatic heterocycles. The zero-order chi connectivity index (χ0) is 27.8. The first-order valence-electron chi connectivity index (χ1n) is 12.1. The predicted octanol–water partition coefficient (Wildman–Crippen LogP) is 6.63. The molecule has 198 valence electrons. The van der Waals surface area contributed by atoms with Gasteiger partial charge in [0.05, 0.1) is 14.2 Å². The van der Waals surface area contributed by atoms with Gasteiger partial charge in [-0.3, -0.25) is 14.4 Å². The lowest BCUT2D eigenvalue weighted by Gasteiger charge is -2.18. The van der Waals surface area contributed by atoms with Crippen LogP contribution in [-0.4, -0.2) is 31.8 Å². The topological polar surface area (TPSA) is 93.7 Å². The molecule has 4 rings (SSSR count). The molecule has 2 amide bonds. The monoisotopic (exact) mass is 540 g/mol. The normalized spacial score (nSPS) is 11.3. The van der Waals surface area contributed by atoms with E-state index in [4.69, 9.17) is 9.47 Å². The quantitative estimate of drug-likeness (QED) is 0.173. The molecule has 0 saturated carbocycles. The molecule has 4 aromatic carbocycles. The molecule has 4 aromatic rings. The second-order valence-electron chi connectivity index (χ2n) is 8.58. The van der Waals surface area contributed by atoms with Crippen LogP contribution in [0.2, 0.25) is 0 Å². The van der Waals surface area contributed by atoms with Crippen LogP contribution in [0, 0.1) is 0 Å². The minimum Gasteiger partial charge on any atom is -0.493 e. The average Bonchev–Trinajstić information content (AvgIpc) is 2.96. The fraction of sp³-hybridized carbons (Fsp3) is 0.129. The highest BCUT2D eigenvalue weighted by Gasteiger charge is 2.23. The molecule has 0 fully saturated rings. The fourth-order valence-corrected chi connectivity index (χ4v) is 4.94. The number of methoxy groups -OCH3 is 2. The molecule has 0 saturated heterocycles. The maximum Gasteiger partial charge on any atom is 0.255 e. The maximum absolute atomic E-state index is 13.4. The number of Topliss-reactive ketones (excluding diaryl/α,β-unsaturated/α-hetero) is 1. The Morgan fingerprint density at radius 2 is 1.38 bits per heavy atom. The summed E-state index contributed by atoms with van der Waals surface area (Å²) >= 11 is 1.37. The van der Waals surface area contributed by atoms with Gasteiger partial charge < -0.3 is 20.1 Å². The van der Waals surface area contributed by atoms with E-state index in [1.165, 1.54) is 32.9 Å². The summed E-state index contributed by atoms with van der Waals surface area (Å²) in [4.78, 5) is 38.7. The number of benzene rings is 4. The van der Waals surface area contributed by atoms with E-state index in [1.54, 1.807) is 48.5 Å². The number of carbonyl (C=O) groups excluding carboxylic acids is 3. The molecular formula is C31H28N2O5S. The molecule has 0 heterocycles. The van der Waals surface area contributed by atoms with E-state index >= 15 is 0 Å². The van der Waals surface area contributed by atoms with E-state index in [0.29, 0.717) is 34.0 Å². The maximum atomic E-state index is 13.4. The Hall–Kier alpha value is -4.56. The molecule has 0 aliphatic carbocycles. The highest BCUT2D eigenvalue weighted by molar-refractivity contribution is 8.00. The van der Waals surface area contributed by atoms with Crippen molar-refractivity contribution in [2.75, 3.05) is 24.9 Å². The fourth-order valence-electron chi connectivity index (χ4n) is 3.86. The van der Waals surface area contributed by atoms with Crippen molar-refractivity contribution < 1.29 is 23.9 Å². The summed E-state index contributed by atoms with van der Waals surface area (Å²) < 4.78 is 10.5. The number of ketones is 1. The summed E-state index contributed by atoms with van der Waals surface area (Å²) in [5.74, 6) is 0.448. The molecule has 1 unspecified atom stereocenters. The molecular weight excluding hydrogens is 512 g/mol. The smallest absolute Gasteiger partial charge is 0.255 e. The third-order valence-electron chi connectivity index (χ3n) is 5.89. The van der Waals surface area contributed by atoms with Crippen molar-refractivity contribution in [1.29, 1.82) is 0 Å². The van der Waals surface area contributed by atoms with Crippen LogP contribution in [0.25, 0.3) is 0 Å². The van der Waals surface area contributed by atoms with Gasteiger partial charge >= 0.3 is 0 Å². The Morgan fingerprint density at radius 1 is 0.692 bits per heavy atom. The zero-order valence-electron chi connectivity index (χ0n) is 21.8. The first-order valence-corrected chi connectivity index (χ1v) is 13.0. The highest BCUT2D eigenvalue weighted by Crippen LogP contribution is 2.37. The summed E-state index contributed by atoms with van der Waals surface area (Å²) in [6, 6.07) is 28.6. The van der Waals surface area contributed by atoms with Gasteiger partial charge in [-0.15, -0.1) is 11.8 Å². The Balaban J connectivity index is 1.52. The van der Waals surface area contributed by atoms with Gasteiger partial charge in [0.25, 0.3) is 5.91 Å². The standard InChI is InChI=1S/C31H28N2O5S/c1-20(34)21-12-15-24(16-13-21)32-31(36)29(22-8-5-4-6-9-22)39-26-11-7-10-25(19-26)33-30(35)23-14-17-27(37-2)28(18-23)38-3/h4-19,29H,1-3H3,(H,32,36)(H,33,35). The Kier molecular flexibility index (Phi) is 9.01. The minimum atomic E-state index is -0.560. The summed E-state index contributed by atoms with van der Waals surface area (Å²) in [5.41, 5.74) is 3.02. The van der Waals surface area contributed by atoms with Gasteiger partial charge in [0, 0.05) is 27.4 Å². The van der Waals surface area contributed by atoms with Gasteiger partial charge in [-0.25, -0.2) is 0 Å². The summed E-state index contributed by atoms with van der Waals surface area (Å²) in [7, 11) is 3.05. The van der Waals surface area contributed by atoms with Gasteiger partial charge in [-0.2, -0.15) is 0 Å². The molecule has 39 heavy (non-hydrogen) atoms. The van der Waals surface area contributed by atoms with Crippen LogP contribution in [0.5, 0.6) is 11.5 Å². The van der Waals surface area contributed by atoms with E-state index in [0.717, 1.165) is 10.5 Å². The number of carbonyl (C=O) groups is 3. The third-order valence-corrected chi connectivity index (χ3v) is 7.14. The van der Waals surface area contributed by atoms with Crippen molar-refractivity contribution in [1.82, 2.24) is 0 Å². The first-order chi connectivity index (χ1) is 18.9. The van der Waals surface area contributed by atoms with Gasteiger partial charge in [-0.05, 0) is 73.2 Å². The third kappa shape index (κ3) is 7.06. The van der Waals surface area contributed by atoms with Crippen molar-refractivity contribution in [2.24, 2.45) is 0 Å². The Morgan fingerprint density at radius 3 is 2.05 bits per heavy atom. The van der Waals surface area contributed by atoms with Crippen molar-refractivity contribution in [3.63, 3.8) is 0 Å². The largest absolute Gasteiger partial charge is 0.493 e. The molecule has 1 atom stereocenters. The summed E-state index contributed by atoms with van der Waals surface area (Å²) in [5, 5.41) is 5.30. The number of rotatable bonds is 10. The molecule has 2 N–H and O–H groups in total. The van der Waals surface area contributed by atoms with Gasteiger partial charge in [0.1, 0.15) is 5.25 Å². The molecule has 8 heteroatoms. The lowest BCUT2D eigenvalue weighted by molar-refractivity contribution is -0.115. The van der Waals surface area contributed by atoms with Crippen LogP contribution in [0.4, 0.5) is 11.4 Å². The van der Waals surface area contributed by atoms with E-state index in [-0.39, 0.29) is 17.6 Å². The number of anilines is 2. The van der Waals surface area contributed by atoms with E-state index in [9.17, 15) is 14.4 Å². The molecule has 0 aromatic heterocycles. The van der Waals surface area contributed by atoms with Crippen LogP contribution >= 0.6 is 11.8 Å². The number of ether oxygens (including phenoxy) is 2. The second kappa shape index (κ2) is 12.8. The van der Waals surface area contributed by atoms with Crippen LogP contribution in [0.3, 0.4) is 0 Å². The Labute approximate surface area is 231 Å². The second-order valence-corrected chi connectivity index (χ2v) is 9.76. The Bertz CT molecular complexity index is 1470. The molecule has 0 aliphatic rings. The van der Waals surface area contributed by atoms with Crippen LogP contribution in [0.1, 0.15) is 38.5 Å². The van der Waals surface area contributed by atoms with Crippen molar-refractivity contribution in [2.45, 2.75) is 17.1 Å². The number of nitrogens with one attached hydrogen (secondary N) is 2. The average molecular weight is 541 g/mol. The number of thioether (sulfide) groups is 1. The number of amides is 2.